The number of rotatable bonds is 8. The van der Waals surface area contributed by atoms with Gasteiger partial charge < -0.3 is 25.3 Å². The first-order valence-corrected chi connectivity index (χ1v) is 9.90. The van der Waals surface area contributed by atoms with Crippen molar-refractivity contribution in [3.8, 4) is 0 Å². The zero-order valence-electron chi connectivity index (χ0n) is 16.8. The molecule has 2 aromatic rings. The number of benzene rings is 1. The van der Waals surface area contributed by atoms with Crippen molar-refractivity contribution in [3.05, 3.63) is 45.8 Å². The molecule has 0 spiro atoms. The van der Waals surface area contributed by atoms with E-state index < -0.39 is 17.9 Å². The lowest BCUT2D eigenvalue weighted by Crippen LogP contribution is -2.14. The smallest absolute Gasteiger partial charge is 0.348 e. The number of nitrogen functional groups attached to an aromatic ring is 1. The SMILES string of the molecule is CCOC(=O)c1sc(N)c(C(=O)OCC)c1COC(=O)c1cccc(NC(C)=O)c1. The highest BCUT2D eigenvalue weighted by atomic mass is 32.1. The molecule has 9 nitrogen and oxygen atoms in total. The van der Waals surface area contributed by atoms with Gasteiger partial charge in [-0.1, -0.05) is 6.07 Å². The number of nitrogens with two attached hydrogens (primary N) is 1. The second-order valence-corrected chi connectivity index (χ2v) is 6.98. The molecular weight excluding hydrogens is 412 g/mol. The number of hydrogen-bond acceptors (Lipinski definition) is 9. The van der Waals surface area contributed by atoms with Crippen molar-refractivity contribution in [1.82, 2.24) is 0 Å². The number of anilines is 2. The third-order valence-electron chi connectivity index (χ3n) is 3.74. The summed E-state index contributed by atoms with van der Waals surface area (Å²) in [5.74, 6) is -2.40. The predicted molar refractivity (Wildman–Crippen MR) is 111 cm³/mol. The molecule has 0 radical (unpaired) electrons. The van der Waals surface area contributed by atoms with Crippen molar-refractivity contribution in [2.45, 2.75) is 27.4 Å². The van der Waals surface area contributed by atoms with Crippen molar-refractivity contribution in [2.75, 3.05) is 24.3 Å². The quantitative estimate of drug-likeness (QED) is 0.478. The lowest BCUT2D eigenvalue weighted by Gasteiger charge is -2.10. The predicted octanol–water partition coefficient (Wildman–Crippen LogP) is 3.00. The molecule has 0 bridgehead atoms. The van der Waals surface area contributed by atoms with Gasteiger partial charge in [0.05, 0.1) is 18.8 Å². The number of hydrogen-bond donors (Lipinski definition) is 2. The average molecular weight is 434 g/mol. The van der Waals surface area contributed by atoms with Crippen molar-refractivity contribution >= 4 is 45.8 Å². The van der Waals surface area contributed by atoms with Crippen LogP contribution in [-0.4, -0.2) is 37.0 Å². The van der Waals surface area contributed by atoms with Gasteiger partial charge in [0.1, 0.15) is 22.0 Å². The highest BCUT2D eigenvalue weighted by Gasteiger charge is 2.28. The molecule has 160 valence electrons. The van der Waals surface area contributed by atoms with Gasteiger partial charge in [0, 0.05) is 18.2 Å². The number of amides is 1. The third kappa shape index (κ3) is 5.57. The van der Waals surface area contributed by atoms with Crippen molar-refractivity contribution < 1.29 is 33.4 Å². The van der Waals surface area contributed by atoms with Crippen LogP contribution in [0.2, 0.25) is 0 Å². The molecular formula is C20H22N2O7S. The van der Waals surface area contributed by atoms with Gasteiger partial charge in [0.15, 0.2) is 0 Å². The van der Waals surface area contributed by atoms with Gasteiger partial charge in [0.25, 0.3) is 0 Å². The fourth-order valence-electron chi connectivity index (χ4n) is 2.56. The fourth-order valence-corrected chi connectivity index (χ4v) is 3.51. The number of carbonyl (C=O) groups is 4. The summed E-state index contributed by atoms with van der Waals surface area (Å²) < 4.78 is 15.3. The summed E-state index contributed by atoms with van der Waals surface area (Å²) in [5, 5.41) is 2.63. The first-order chi connectivity index (χ1) is 14.3. The molecule has 1 aromatic heterocycles. The number of nitrogens with one attached hydrogen (secondary N) is 1. The van der Waals surface area contributed by atoms with Gasteiger partial charge in [-0.2, -0.15) is 0 Å². The van der Waals surface area contributed by atoms with Crippen LogP contribution in [0.5, 0.6) is 0 Å². The highest BCUT2D eigenvalue weighted by molar-refractivity contribution is 7.18. The number of ether oxygens (including phenoxy) is 3. The Morgan fingerprint density at radius 1 is 1.00 bits per heavy atom. The maximum Gasteiger partial charge on any atom is 0.348 e. The Morgan fingerprint density at radius 3 is 2.30 bits per heavy atom. The minimum atomic E-state index is -0.722. The molecule has 30 heavy (non-hydrogen) atoms. The number of carbonyl (C=O) groups excluding carboxylic acids is 4. The lowest BCUT2D eigenvalue weighted by atomic mass is 10.1. The number of esters is 3. The first-order valence-electron chi connectivity index (χ1n) is 9.08. The summed E-state index contributed by atoms with van der Waals surface area (Å²) in [6, 6.07) is 6.16. The molecule has 2 rings (SSSR count). The molecule has 1 heterocycles. The fraction of sp³-hybridized carbons (Fsp3) is 0.300. The average Bonchev–Trinajstić information content (AvgIpc) is 3.02. The van der Waals surface area contributed by atoms with Crippen molar-refractivity contribution in [1.29, 1.82) is 0 Å². The summed E-state index contributed by atoms with van der Waals surface area (Å²) in [6.45, 7) is 4.47. The Labute approximate surface area is 177 Å². The van der Waals surface area contributed by atoms with Crippen LogP contribution in [0.3, 0.4) is 0 Å². The van der Waals surface area contributed by atoms with Crippen LogP contribution in [0.15, 0.2) is 24.3 Å². The van der Waals surface area contributed by atoms with E-state index in [1.165, 1.54) is 19.1 Å². The van der Waals surface area contributed by atoms with E-state index >= 15 is 0 Å². The van der Waals surface area contributed by atoms with Crippen molar-refractivity contribution in [2.24, 2.45) is 0 Å². The zero-order chi connectivity index (χ0) is 22.3. The van der Waals surface area contributed by atoms with Crippen LogP contribution in [0.4, 0.5) is 10.7 Å². The van der Waals surface area contributed by atoms with E-state index in [0.717, 1.165) is 11.3 Å². The maximum absolute atomic E-state index is 12.5. The summed E-state index contributed by atoms with van der Waals surface area (Å²) >= 11 is 0.864. The summed E-state index contributed by atoms with van der Waals surface area (Å²) in [6.07, 6.45) is 0. The Bertz CT molecular complexity index is 968. The molecule has 0 saturated heterocycles. The first kappa shape index (κ1) is 22.9. The van der Waals surface area contributed by atoms with E-state index in [0.29, 0.717) is 5.69 Å². The molecule has 1 aromatic carbocycles. The summed E-state index contributed by atoms with van der Waals surface area (Å²) in [4.78, 5) is 48.3. The van der Waals surface area contributed by atoms with E-state index in [9.17, 15) is 19.2 Å². The van der Waals surface area contributed by atoms with Crippen LogP contribution in [0.1, 0.15) is 56.7 Å². The summed E-state index contributed by atoms with van der Waals surface area (Å²) in [5.41, 5.74) is 6.63. The monoisotopic (exact) mass is 434 g/mol. The van der Waals surface area contributed by atoms with Gasteiger partial charge in [-0.3, -0.25) is 4.79 Å². The van der Waals surface area contributed by atoms with E-state index in [4.69, 9.17) is 19.9 Å². The Hall–Kier alpha value is -3.40. The standard InChI is InChI=1S/C20H22N2O7S/c1-4-27-19(25)15-14(16(30-17(15)21)20(26)28-5-2)10-29-18(24)12-7-6-8-13(9-12)22-11(3)23/h6-9H,4-5,10,21H2,1-3H3,(H,22,23). The van der Waals surface area contributed by atoms with E-state index in [2.05, 4.69) is 5.32 Å². The summed E-state index contributed by atoms with van der Waals surface area (Å²) in [7, 11) is 0. The molecule has 0 unspecified atom stereocenters. The second kappa shape index (κ2) is 10.4. The van der Waals surface area contributed by atoms with E-state index in [-0.39, 0.29) is 52.3 Å². The normalized spacial score (nSPS) is 10.2. The molecule has 0 aliphatic carbocycles. The van der Waals surface area contributed by atoms with Crippen LogP contribution in [-0.2, 0) is 25.6 Å². The highest BCUT2D eigenvalue weighted by Crippen LogP contribution is 2.33. The largest absolute Gasteiger partial charge is 0.462 e. The molecule has 0 aliphatic heterocycles. The van der Waals surface area contributed by atoms with E-state index in [1.807, 2.05) is 0 Å². The van der Waals surface area contributed by atoms with Gasteiger partial charge >= 0.3 is 17.9 Å². The van der Waals surface area contributed by atoms with Crippen LogP contribution in [0, 0.1) is 0 Å². The molecule has 0 atom stereocenters. The van der Waals surface area contributed by atoms with Gasteiger partial charge in [-0.05, 0) is 32.0 Å². The van der Waals surface area contributed by atoms with Crippen LogP contribution in [0.25, 0.3) is 0 Å². The number of thiophene rings is 1. The second-order valence-electron chi connectivity index (χ2n) is 5.93. The van der Waals surface area contributed by atoms with Crippen molar-refractivity contribution in [3.63, 3.8) is 0 Å². The van der Waals surface area contributed by atoms with E-state index in [1.54, 1.807) is 26.0 Å². The molecule has 0 saturated carbocycles. The molecule has 1 amide bonds. The Kier molecular flexibility index (Phi) is 7.93. The van der Waals surface area contributed by atoms with Gasteiger partial charge in [0.2, 0.25) is 5.91 Å². The zero-order valence-corrected chi connectivity index (χ0v) is 17.6. The molecule has 3 N–H and O–H groups in total. The van der Waals surface area contributed by atoms with Gasteiger partial charge in [-0.15, -0.1) is 11.3 Å². The molecule has 0 aliphatic rings. The molecule has 10 heteroatoms. The molecule has 0 fully saturated rings. The Morgan fingerprint density at radius 2 is 1.67 bits per heavy atom. The lowest BCUT2D eigenvalue weighted by molar-refractivity contribution is -0.114. The van der Waals surface area contributed by atoms with Gasteiger partial charge in [-0.25, -0.2) is 14.4 Å². The minimum Gasteiger partial charge on any atom is -0.462 e. The minimum absolute atomic E-state index is 0.0234. The Balaban J connectivity index is 2.30. The topological polar surface area (TPSA) is 134 Å². The maximum atomic E-state index is 12.5. The third-order valence-corrected chi connectivity index (χ3v) is 4.78. The van der Waals surface area contributed by atoms with Crippen LogP contribution >= 0.6 is 11.3 Å². The van der Waals surface area contributed by atoms with Crippen LogP contribution < -0.4 is 11.1 Å².